The van der Waals surface area contributed by atoms with Crippen LogP contribution in [0.15, 0.2) is 30.3 Å². The third kappa shape index (κ3) is 4.05. The van der Waals surface area contributed by atoms with Gasteiger partial charge in [-0.1, -0.05) is 34.9 Å². The molecule has 1 atom stereocenters. The van der Waals surface area contributed by atoms with Gasteiger partial charge in [0.1, 0.15) is 5.66 Å². The summed E-state index contributed by atoms with van der Waals surface area (Å²) in [6.45, 7) is 4.08. The number of rotatable bonds is 4. The first-order chi connectivity index (χ1) is 6.20. The molecule has 0 aliphatic carbocycles. The van der Waals surface area contributed by atoms with Crippen molar-refractivity contribution in [2.45, 2.75) is 19.5 Å². The Hall–Kier alpha value is -0.148. The Balaban J connectivity index is 2.40. The molecule has 68 valence electrons. The minimum absolute atomic E-state index is 0.285. The van der Waals surface area contributed by atoms with Gasteiger partial charge in [-0.25, -0.2) is 0 Å². The fourth-order valence-corrected chi connectivity index (χ4v) is 5.73. The van der Waals surface area contributed by atoms with Crippen molar-refractivity contribution in [2.75, 3.05) is 5.02 Å². The van der Waals surface area contributed by atoms with Gasteiger partial charge in [-0.3, -0.25) is 0 Å². The molecule has 0 spiro atoms. The minimum atomic E-state index is -0.952. The lowest BCUT2D eigenvalue weighted by Gasteiger charge is -1.93. The van der Waals surface area contributed by atoms with Crippen molar-refractivity contribution in [1.29, 1.82) is 0 Å². The molecule has 0 radical (unpaired) electrons. The Morgan fingerprint density at radius 1 is 1.31 bits per heavy atom. The molecule has 0 aliphatic heterocycles. The molecule has 1 aromatic rings. The fourth-order valence-electron chi connectivity index (χ4n) is 1.14. The first-order valence-electron chi connectivity index (χ1n) is 4.68. The summed E-state index contributed by atoms with van der Waals surface area (Å²) in [6, 6.07) is 10.4. The second kappa shape index (κ2) is 5.55. The lowest BCUT2D eigenvalue weighted by atomic mass is 10.4. The van der Waals surface area contributed by atoms with Crippen molar-refractivity contribution >= 4 is 27.4 Å². The second-order valence-electron chi connectivity index (χ2n) is 3.47. The highest BCUT2D eigenvalue weighted by Crippen LogP contribution is 2.25. The third-order valence-corrected chi connectivity index (χ3v) is 6.90. The number of hydrogen-bond donors (Lipinski definition) is 0. The monoisotopic (exact) mass is 209 g/mol. The number of benzene rings is 1. The Morgan fingerprint density at radius 3 is 2.46 bits per heavy atom. The third-order valence-electron chi connectivity index (χ3n) is 2.04. The van der Waals surface area contributed by atoms with E-state index in [4.69, 9.17) is 0 Å². The highest BCUT2D eigenvalue weighted by Gasteiger charge is 2.20. The van der Waals surface area contributed by atoms with Gasteiger partial charge in [-0.15, -0.1) is 4.43 Å². The molecule has 0 amide bonds. The van der Waals surface area contributed by atoms with Gasteiger partial charge in [-0.05, 0) is 13.8 Å². The van der Waals surface area contributed by atoms with Crippen molar-refractivity contribution < 1.29 is 4.57 Å². The van der Waals surface area contributed by atoms with E-state index in [9.17, 15) is 4.57 Å². The molecule has 13 heavy (non-hydrogen) atoms. The molecule has 1 nitrogen and oxygen atoms in total. The summed E-state index contributed by atoms with van der Waals surface area (Å²) in [7, 11) is -0.952. The van der Waals surface area contributed by atoms with Crippen LogP contribution in [0.3, 0.4) is 0 Å². The van der Waals surface area contributed by atoms with Crippen LogP contribution in [0.1, 0.15) is 13.8 Å². The maximum absolute atomic E-state index is 11.5. The standard InChI is InChI=1S/C6H5.C4H9OP.Al.H/c1-2-4-6-5-3-1;1-4(2)6(3)5;;/h1-5H;4H,3H2,1-2H3;;/q;+1;;. The summed E-state index contributed by atoms with van der Waals surface area (Å²) >= 11 is -0.285. The van der Waals surface area contributed by atoms with Crippen molar-refractivity contribution in [3.8, 4) is 0 Å². The highest BCUT2D eigenvalue weighted by atomic mass is 31.1. The van der Waals surface area contributed by atoms with E-state index in [-0.39, 0.29) is 15.2 Å². The first kappa shape index (κ1) is 10.9. The summed E-state index contributed by atoms with van der Waals surface area (Å²) in [5.41, 5.74) is 0.353. The van der Waals surface area contributed by atoms with Crippen molar-refractivity contribution in [3.05, 3.63) is 30.3 Å². The van der Waals surface area contributed by atoms with Gasteiger partial charge in [0.25, 0.3) is 0 Å². The van der Waals surface area contributed by atoms with E-state index in [1.165, 1.54) is 4.43 Å². The average molecular weight is 209 g/mol. The summed E-state index contributed by atoms with van der Waals surface area (Å²) in [5, 5.41) is 0.955. The van der Waals surface area contributed by atoms with Gasteiger partial charge in [0.05, 0.1) is 5.02 Å². The molecule has 0 heterocycles. The van der Waals surface area contributed by atoms with Crippen molar-refractivity contribution in [3.63, 3.8) is 0 Å². The van der Waals surface area contributed by atoms with Crippen LogP contribution >= 0.6 is 7.80 Å². The Morgan fingerprint density at radius 2 is 1.92 bits per heavy atom. The smallest absolute Gasteiger partial charge is 0.109 e. The van der Waals surface area contributed by atoms with Crippen LogP contribution in [-0.4, -0.2) is 25.9 Å². The van der Waals surface area contributed by atoms with Gasteiger partial charge in [0, 0.05) is 0 Å². The molecule has 1 aromatic carbocycles. The maximum atomic E-state index is 11.5. The van der Waals surface area contributed by atoms with Gasteiger partial charge in [0.2, 0.25) is 0 Å². The maximum Gasteiger partial charge on any atom is 0.355 e. The summed E-state index contributed by atoms with van der Waals surface area (Å²) < 4.78 is 12.9. The first-order valence-corrected chi connectivity index (χ1v) is 7.90. The quantitative estimate of drug-likeness (QED) is 0.547. The van der Waals surface area contributed by atoms with E-state index in [1.807, 2.05) is 19.9 Å². The molecule has 1 rings (SSSR count). The molecule has 0 N–H and O–H groups in total. The molecule has 3 heteroatoms. The van der Waals surface area contributed by atoms with Gasteiger partial charge in [-0.2, -0.15) is 0 Å². The van der Waals surface area contributed by atoms with E-state index in [1.54, 1.807) is 0 Å². The zero-order chi connectivity index (χ0) is 9.68. The molecule has 0 aliphatic rings. The van der Waals surface area contributed by atoms with Crippen LogP contribution in [-0.2, 0) is 4.57 Å². The second-order valence-corrected chi connectivity index (χ2v) is 8.44. The van der Waals surface area contributed by atoms with Crippen molar-refractivity contribution in [2.24, 2.45) is 0 Å². The van der Waals surface area contributed by atoms with Crippen LogP contribution in [0.2, 0.25) is 0 Å². The van der Waals surface area contributed by atoms with Crippen LogP contribution in [0.5, 0.6) is 0 Å². The van der Waals surface area contributed by atoms with Crippen LogP contribution < -0.4 is 4.43 Å². The molecule has 0 saturated heterocycles. The molecule has 0 bridgehead atoms. The number of hydrogen-bond acceptors (Lipinski definition) is 1. The largest absolute Gasteiger partial charge is 0.355 e. The van der Waals surface area contributed by atoms with E-state index in [0.29, 0.717) is 5.66 Å². The summed E-state index contributed by atoms with van der Waals surface area (Å²) in [6.07, 6.45) is 0. The normalized spacial score (nSPS) is 11.5. The Bertz CT molecular complexity index is 272. The summed E-state index contributed by atoms with van der Waals surface area (Å²) in [4.78, 5) is 0. The van der Waals surface area contributed by atoms with Gasteiger partial charge < -0.3 is 0 Å². The predicted molar refractivity (Wildman–Crippen MR) is 60.8 cm³/mol. The fraction of sp³-hybridized carbons (Fsp3) is 0.400. The Kier molecular flexibility index (Phi) is 4.67. The van der Waals surface area contributed by atoms with Crippen LogP contribution in [0, 0.1) is 0 Å². The zero-order valence-corrected chi connectivity index (χ0v) is 10.5. The lowest BCUT2D eigenvalue weighted by molar-refractivity contribution is 0.585. The van der Waals surface area contributed by atoms with E-state index in [2.05, 4.69) is 24.3 Å². The molecular formula is C10H15AlOP+. The molecule has 0 fully saturated rings. The average Bonchev–Trinajstić information content (AvgIpc) is 2.15. The SMILES string of the molecule is CC(C)[P+](=O)[CH2][AlH][c]1ccccc1. The molecule has 0 aromatic heterocycles. The van der Waals surface area contributed by atoms with Gasteiger partial charge in [0.15, 0.2) is 0 Å². The lowest BCUT2D eigenvalue weighted by Crippen LogP contribution is -2.16. The molecule has 0 saturated carbocycles. The topological polar surface area (TPSA) is 17.1 Å². The van der Waals surface area contributed by atoms with Crippen molar-refractivity contribution in [1.82, 2.24) is 0 Å². The Labute approximate surface area is 87.1 Å². The summed E-state index contributed by atoms with van der Waals surface area (Å²) in [5.74, 6) is 0. The minimum Gasteiger partial charge on any atom is -0.109 e. The van der Waals surface area contributed by atoms with Crippen LogP contribution in [0.4, 0.5) is 0 Å². The van der Waals surface area contributed by atoms with E-state index >= 15 is 0 Å². The van der Waals surface area contributed by atoms with E-state index in [0.717, 1.165) is 5.02 Å². The molecular weight excluding hydrogens is 194 g/mol. The molecule has 1 unspecified atom stereocenters. The zero-order valence-electron chi connectivity index (χ0n) is 8.23. The highest BCUT2D eigenvalue weighted by molar-refractivity contribution is 7.47. The van der Waals surface area contributed by atoms with E-state index < -0.39 is 7.80 Å². The van der Waals surface area contributed by atoms with Crippen LogP contribution in [0.25, 0.3) is 0 Å². The predicted octanol–water partition coefficient (Wildman–Crippen LogP) is 1.94. The van der Waals surface area contributed by atoms with Gasteiger partial charge >= 0.3 is 23.0 Å².